The predicted molar refractivity (Wildman–Crippen MR) is 58.7 cm³/mol. The van der Waals surface area contributed by atoms with Gasteiger partial charge in [0, 0.05) is 11.0 Å². The van der Waals surface area contributed by atoms with E-state index in [1.807, 2.05) is 0 Å². The van der Waals surface area contributed by atoms with E-state index >= 15 is 0 Å². The maximum Gasteiger partial charge on any atom is 0.133 e. The maximum absolute atomic E-state index is 5.59. The number of allylic oxidation sites excluding steroid dienone is 1. The molecular weight excluding hydrogens is 172 g/mol. The molecule has 0 fully saturated rings. The standard InChI is InChI=1S/C13H16O/c1-9-5-6-10(2)12-11(9)13(3,4)7-8-14-12/h5-8H,1-4H3. The largest absolute Gasteiger partial charge is 0.465 e. The van der Waals surface area contributed by atoms with Crippen molar-refractivity contribution in [3.63, 3.8) is 0 Å². The Kier molecular flexibility index (Phi) is 1.91. The minimum Gasteiger partial charge on any atom is -0.465 e. The first kappa shape index (κ1) is 9.32. The maximum atomic E-state index is 5.59. The third-order valence-electron chi connectivity index (χ3n) is 2.88. The molecule has 1 nitrogen and oxygen atoms in total. The molecule has 14 heavy (non-hydrogen) atoms. The second-order valence-electron chi connectivity index (χ2n) is 4.55. The fourth-order valence-electron chi connectivity index (χ4n) is 2.09. The van der Waals surface area contributed by atoms with Crippen LogP contribution in [0.5, 0.6) is 5.75 Å². The van der Waals surface area contributed by atoms with Crippen molar-refractivity contribution in [1.82, 2.24) is 0 Å². The van der Waals surface area contributed by atoms with Gasteiger partial charge in [0.15, 0.2) is 0 Å². The van der Waals surface area contributed by atoms with Crippen LogP contribution in [-0.2, 0) is 5.41 Å². The van der Waals surface area contributed by atoms with Crippen LogP contribution in [0.2, 0.25) is 0 Å². The number of rotatable bonds is 0. The lowest BCUT2D eigenvalue weighted by Gasteiger charge is -2.30. The second kappa shape index (κ2) is 2.88. The Morgan fingerprint density at radius 1 is 1.07 bits per heavy atom. The van der Waals surface area contributed by atoms with Gasteiger partial charge in [0.25, 0.3) is 0 Å². The topological polar surface area (TPSA) is 9.23 Å². The highest BCUT2D eigenvalue weighted by Gasteiger charge is 2.27. The summed E-state index contributed by atoms with van der Waals surface area (Å²) < 4.78 is 5.59. The van der Waals surface area contributed by atoms with Gasteiger partial charge in [0.2, 0.25) is 0 Å². The zero-order valence-electron chi connectivity index (χ0n) is 9.22. The van der Waals surface area contributed by atoms with E-state index in [1.165, 1.54) is 16.7 Å². The van der Waals surface area contributed by atoms with Gasteiger partial charge in [-0.25, -0.2) is 0 Å². The summed E-state index contributed by atoms with van der Waals surface area (Å²) in [5.41, 5.74) is 3.92. The van der Waals surface area contributed by atoms with Crippen LogP contribution in [0, 0.1) is 13.8 Å². The van der Waals surface area contributed by atoms with Crippen molar-refractivity contribution in [2.24, 2.45) is 0 Å². The average molecular weight is 188 g/mol. The number of hydrogen-bond donors (Lipinski definition) is 0. The lowest BCUT2D eigenvalue weighted by atomic mass is 9.79. The minimum atomic E-state index is 0.0870. The Labute approximate surface area is 85.4 Å². The molecule has 0 saturated carbocycles. The van der Waals surface area contributed by atoms with E-state index in [4.69, 9.17) is 4.74 Å². The van der Waals surface area contributed by atoms with Gasteiger partial charge in [-0.05, 0) is 31.1 Å². The van der Waals surface area contributed by atoms with E-state index in [-0.39, 0.29) is 5.41 Å². The van der Waals surface area contributed by atoms with Crippen molar-refractivity contribution in [3.05, 3.63) is 41.2 Å². The first-order valence-electron chi connectivity index (χ1n) is 4.97. The summed E-state index contributed by atoms with van der Waals surface area (Å²) in [4.78, 5) is 0. The number of benzene rings is 1. The fourth-order valence-corrected chi connectivity index (χ4v) is 2.09. The molecule has 1 aromatic rings. The SMILES string of the molecule is Cc1ccc(C)c2c1OC=CC2(C)C. The van der Waals surface area contributed by atoms with E-state index < -0.39 is 0 Å². The normalized spacial score (nSPS) is 17.4. The van der Waals surface area contributed by atoms with Crippen LogP contribution in [0.15, 0.2) is 24.5 Å². The van der Waals surface area contributed by atoms with Crippen molar-refractivity contribution in [1.29, 1.82) is 0 Å². The molecule has 0 aliphatic carbocycles. The minimum absolute atomic E-state index is 0.0870. The molecule has 1 heteroatoms. The first-order valence-corrected chi connectivity index (χ1v) is 4.97. The molecular formula is C13H16O. The molecule has 0 amide bonds. The van der Waals surface area contributed by atoms with Gasteiger partial charge >= 0.3 is 0 Å². The van der Waals surface area contributed by atoms with Crippen LogP contribution in [0.4, 0.5) is 0 Å². The van der Waals surface area contributed by atoms with Crippen LogP contribution in [0.25, 0.3) is 0 Å². The lowest BCUT2D eigenvalue weighted by Crippen LogP contribution is -2.20. The fraction of sp³-hybridized carbons (Fsp3) is 0.385. The first-order chi connectivity index (χ1) is 6.52. The molecule has 0 unspecified atom stereocenters. The summed E-state index contributed by atoms with van der Waals surface area (Å²) in [6.07, 6.45) is 3.91. The Morgan fingerprint density at radius 2 is 1.71 bits per heavy atom. The smallest absolute Gasteiger partial charge is 0.133 e. The third kappa shape index (κ3) is 1.24. The Morgan fingerprint density at radius 3 is 2.36 bits per heavy atom. The van der Waals surface area contributed by atoms with Crippen molar-refractivity contribution in [2.45, 2.75) is 33.1 Å². The van der Waals surface area contributed by atoms with Crippen LogP contribution in [0.3, 0.4) is 0 Å². The lowest BCUT2D eigenvalue weighted by molar-refractivity contribution is 0.426. The van der Waals surface area contributed by atoms with Crippen LogP contribution in [-0.4, -0.2) is 0 Å². The molecule has 74 valence electrons. The Hall–Kier alpha value is -1.24. The van der Waals surface area contributed by atoms with Crippen molar-refractivity contribution in [2.75, 3.05) is 0 Å². The highest BCUT2D eigenvalue weighted by molar-refractivity contribution is 5.53. The van der Waals surface area contributed by atoms with Crippen molar-refractivity contribution >= 4 is 0 Å². The number of fused-ring (bicyclic) bond motifs is 1. The predicted octanol–water partition coefficient (Wildman–Crippen LogP) is 3.49. The monoisotopic (exact) mass is 188 g/mol. The van der Waals surface area contributed by atoms with Crippen molar-refractivity contribution in [3.8, 4) is 5.75 Å². The van der Waals surface area contributed by atoms with Crippen LogP contribution < -0.4 is 4.74 Å². The third-order valence-corrected chi connectivity index (χ3v) is 2.88. The van der Waals surface area contributed by atoms with Crippen molar-refractivity contribution < 1.29 is 4.74 Å². The highest BCUT2D eigenvalue weighted by Crippen LogP contribution is 2.40. The molecule has 1 heterocycles. The molecule has 0 saturated heterocycles. The second-order valence-corrected chi connectivity index (χ2v) is 4.55. The molecule has 0 N–H and O–H groups in total. The number of hydrogen-bond acceptors (Lipinski definition) is 1. The van der Waals surface area contributed by atoms with Gasteiger partial charge in [0.1, 0.15) is 5.75 Å². The molecule has 1 aliphatic heterocycles. The molecule has 0 spiro atoms. The average Bonchev–Trinajstić information content (AvgIpc) is 2.10. The summed E-state index contributed by atoms with van der Waals surface area (Å²) >= 11 is 0. The van der Waals surface area contributed by atoms with Gasteiger partial charge in [-0.15, -0.1) is 0 Å². The quantitative estimate of drug-likeness (QED) is 0.605. The van der Waals surface area contributed by atoms with Gasteiger partial charge in [-0.1, -0.05) is 26.0 Å². The van der Waals surface area contributed by atoms with Gasteiger partial charge in [-0.2, -0.15) is 0 Å². The molecule has 0 bridgehead atoms. The summed E-state index contributed by atoms with van der Waals surface area (Å²) in [5, 5.41) is 0. The highest BCUT2D eigenvalue weighted by atomic mass is 16.5. The van der Waals surface area contributed by atoms with E-state index in [0.29, 0.717) is 0 Å². The summed E-state index contributed by atoms with van der Waals surface area (Å²) in [5.74, 6) is 1.04. The Bertz CT molecular complexity index is 400. The number of aryl methyl sites for hydroxylation is 2. The molecule has 1 aliphatic rings. The summed E-state index contributed by atoms with van der Waals surface area (Å²) in [7, 11) is 0. The van der Waals surface area contributed by atoms with Crippen LogP contribution >= 0.6 is 0 Å². The van der Waals surface area contributed by atoms with Gasteiger partial charge < -0.3 is 4.74 Å². The molecule has 0 radical (unpaired) electrons. The zero-order chi connectivity index (χ0) is 10.3. The van der Waals surface area contributed by atoms with E-state index in [0.717, 1.165) is 5.75 Å². The summed E-state index contributed by atoms with van der Waals surface area (Å²) in [6.45, 7) is 8.67. The molecule has 1 aromatic carbocycles. The van der Waals surface area contributed by atoms with Gasteiger partial charge in [-0.3, -0.25) is 0 Å². The van der Waals surface area contributed by atoms with E-state index in [1.54, 1.807) is 6.26 Å². The van der Waals surface area contributed by atoms with E-state index in [9.17, 15) is 0 Å². The Balaban J connectivity index is 2.72. The van der Waals surface area contributed by atoms with Crippen LogP contribution in [0.1, 0.15) is 30.5 Å². The zero-order valence-corrected chi connectivity index (χ0v) is 9.22. The molecule has 0 atom stereocenters. The van der Waals surface area contributed by atoms with E-state index in [2.05, 4.69) is 45.9 Å². The molecule has 2 rings (SSSR count). The summed E-state index contributed by atoms with van der Waals surface area (Å²) in [6, 6.07) is 4.28. The van der Waals surface area contributed by atoms with Gasteiger partial charge in [0.05, 0.1) is 6.26 Å². The molecule has 0 aromatic heterocycles. The number of ether oxygens (including phenoxy) is 1.